The summed E-state index contributed by atoms with van der Waals surface area (Å²) in [7, 11) is 0. The highest BCUT2D eigenvalue weighted by molar-refractivity contribution is 14.1. The van der Waals surface area contributed by atoms with Crippen LogP contribution in [0, 0.1) is 3.57 Å². The van der Waals surface area contributed by atoms with Crippen LogP contribution in [0.2, 0.25) is 0 Å². The van der Waals surface area contributed by atoms with Crippen LogP contribution in [0.15, 0.2) is 18.2 Å². The third-order valence-electron chi connectivity index (χ3n) is 2.16. The molecule has 0 aliphatic heterocycles. The average Bonchev–Trinajstić information content (AvgIpc) is 2.30. The Bertz CT molecular complexity index is 398. The summed E-state index contributed by atoms with van der Waals surface area (Å²) in [5.41, 5.74) is 0.497. The van der Waals surface area contributed by atoms with Gasteiger partial charge in [-0.2, -0.15) is 11.8 Å². The zero-order valence-corrected chi connectivity index (χ0v) is 12.8. The zero-order valence-electron chi connectivity index (χ0n) is 9.87. The molecule has 3 nitrogen and oxygen atoms in total. The second kappa shape index (κ2) is 7.10. The lowest BCUT2D eigenvalue weighted by Gasteiger charge is -2.13. The van der Waals surface area contributed by atoms with Crippen molar-refractivity contribution < 1.29 is 9.90 Å². The van der Waals surface area contributed by atoms with Gasteiger partial charge in [0.15, 0.2) is 0 Å². The summed E-state index contributed by atoms with van der Waals surface area (Å²) < 4.78 is 0.744. The molecule has 0 saturated carbocycles. The van der Waals surface area contributed by atoms with Gasteiger partial charge in [-0.05, 0) is 53.5 Å². The maximum Gasteiger partial charge on any atom is 0.251 e. The van der Waals surface area contributed by atoms with E-state index in [1.54, 1.807) is 23.9 Å². The molecule has 0 spiro atoms. The van der Waals surface area contributed by atoms with Crippen LogP contribution in [0.5, 0.6) is 5.75 Å². The summed E-state index contributed by atoms with van der Waals surface area (Å²) in [6.07, 6.45) is 0. The predicted octanol–water partition coefficient (Wildman–Crippen LogP) is 2.87. The predicted molar refractivity (Wildman–Crippen MR) is 80.8 cm³/mol. The molecule has 1 atom stereocenters. The van der Waals surface area contributed by atoms with Crippen LogP contribution in [-0.2, 0) is 0 Å². The van der Waals surface area contributed by atoms with Crippen LogP contribution in [0.25, 0.3) is 0 Å². The molecule has 5 heteroatoms. The van der Waals surface area contributed by atoms with Gasteiger partial charge < -0.3 is 10.4 Å². The molecule has 1 aromatic carbocycles. The van der Waals surface area contributed by atoms with Crippen LogP contribution in [0.1, 0.15) is 24.2 Å². The molecule has 0 saturated heterocycles. The van der Waals surface area contributed by atoms with Gasteiger partial charge in [-0.1, -0.05) is 6.92 Å². The number of aromatic hydroxyl groups is 1. The van der Waals surface area contributed by atoms with Gasteiger partial charge >= 0.3 is 0 Å². The van der Waals surface area contributed by atoms with Gasteiger partial charge in [-0.15, -0.1) is 0 Å². The van der Waals surface area contributed by atoms with E-state index in [9.17, 15) is 9.90 Å². The Hall–Kier alpha value is -0.430. The first-order valence-corrected chi connectivity index (χ1v) is 7.65. The third kappa shape index (κ3) is 4.75. The Morgan fingerprint density at radius 2 is 2.29 bits per heavy atom. The van der Waals surface area contributed by atoms with E-state index in [1.807, 2.05) is 29.5 Å². The van der Waals surface area contributed by atoms with E-state index in [1.165, 1.54) is 6.07 Å². The first-order valence-electron chi connectivity index (χ1n) is 5.41. The number of phenols is 1. The van der Waals surface area contributed by atoms with Gasteiger partial charge in [0.1, 0.15) is 5.75 Å². The highest BCUT2D eigenvalue weighted by Gasteiger charge is 2.11. The number of amides is 1. The Balaban J connectivity index is 2.60. The summed E-state index contributed by atoms with van der Waals surface area (Å²) in [5, 5.41) is 12.4. The largest absolute Gasteiger partial charge is 0.507 e. The third-order valence-corrected chi connectivity index (χ3v) is 4.21. The Kier molecular flexibility index (Phi) is 6.11. The maximum absolute atomic E-state index is 11.8. The number of benzene rings is 1. The number of hydrogen-bond donors (Lipinski definition) is 2. The van der Waals surface area contributed by atoms with Crippen molar-refractivity contribution in [1.29, 1.82) is 0 Å². The second-order valence-corrected chi connectivity index (χ2v) is 6.18. The van der Waals surface area contributed by atoms with Crippen LogP contribution in [-0.4, -0.2) is 28.6 Å². The topological polar surface area (TPSA) is 49.3 Å². The van der Waals surface area contributed by atoms with E-state index < -0.39 is 0 Å². The first-order chi connectivity index (χ1) is 8.04. The molecule has 0 aromatic heterocycles. The summed E-state index contributed by atoms with van der Waals surface area (Å²) >= 11 is 3.82. The number of thioether (sulfide) groups is 1. The van der Waals surface area contributed by atoms with E-state index in [0.717, 1.165) is 15.1 Å². The molecule has 0 aliphatic rings. The monoisotopic (exact) mass is 365 g/mol. The minimum atomic E-state index is -0.138. The van der Waals surface area contributed by atoms with Crippen molar-refractivity contribution in [2.75, 3.05) is 11.5 Å². The van der Waals surface area contributed by atoms with Gasteiger partial charge in [0, 0.05) is 17.4 Å². The van der Waals surface area contributed by atoms with Gasteiger partial charge in [0.2, 0.25) is 0 Å². The highest BCUT2D eigenvalue weighted by atomic mass is 127. The van der Waals surface area contributed by atoms with Crippen molar-refractivity contribution in [3.8, 4) is 5.75 Å². The van der Waals surface area contributed by atoms with Crippen molar-refractivity contribution in [2.24, 2.45) is 0 Å². The van der Waals surface area contributed by atoms with Crippen LogP contribution >= 0.6 is 34.4 Å². The molecule has 0 aliphatic carbocycles. The molecular formula is C12H16INO2S. The summed E-state index contributed by atoms with van der Waals surface area (Å²) in [6.45, 7) is 4.07. The number of carbonyl (C=O) groups is 1. The number of phenolic OH excluding ortho intramolecular Hbond substituents is 1. The van der Waals surface area contributed by atoms with Crippen molar-refractivity contribution in [3.05, 3.63) is 27.3 Å². The van der Waals surface area contributed by atoms with E-state index in [2.05, 4.69) is 12.2 Å². The molecule has 1 unspecified atom stereocenters. The molecular weight excluding hydrogens is 349 g/mol. The molecule has 0 bridgehead atoms. The van der Waals surface area contributed by atoms with E-state index >= 15 is 0 Å². The highest BCUT2D eigenvalue weighted by Crippen LogP contribution is 2.20. The molecule has 0 fully saturated rings. The Labute approximate surface area is 120 Å². The number of carbonyl (C=O) groups excluding carboxylic acids is 1. The normalized spacial score (nSPS) is 12.2. The SMILES string of the molecule is CCSCC(C)NC(=O)c1ccc(I)c(O)c1. The first kappa shape index (κ1) is 14.6. The number of hydrogen-bond acceptors (Lipinski definition) is 3. The van der Waals surface area contributed by atoms with Crippen molar-refractivity contribution >= 4 is 40.3 Å². The lowest BCUT2D eigenvalue weighted by Crippen LogP contribution is -2.34. The average molecular weight is 365 g/mol. The molecule has 17 heavy (non-hydrogen) atoms. The van der Waals surface area contributed by atoms with Crippen LogP contribution in [0.3, 0.4) is 0 Å². The fourth-order valence-corrected chi connectivity index (χ4v) is 2.31. The number of nitrogens with one attached hydrogen (secondary N) is 1. The van der Waals surface area contributed by atoms with Crippen molar-refractivity contribution in [2.45, 2.75) is 19.9 Å². The fraction of sp³-hybridized carbons (Fsp3) is 0.417. The quantitative estimate of drug-likeness (QED) is 0.789. The zero-order chi connectivity index (χ0) is 12.8. The fourth-order valence-electron chi connectivity index (χ4n) is 1.30. The van der Waals surface area contributed by atoms with E-state index in [-0.39, 0.29) is 17.7 Å². The molecule has 0 radical (unpaired) electrons. The Morgan fingerprint density at radius 3 is 2.88 bits per heavy atom. The summed E-state index contributed by atoms with van der Waals surface area (Å²) in [4.78, 5) is 11.8. The van der Waals surface area contributed by atoms with Crippen molar-refractivity contribution in [3.63, 3.8) is 0 Å². The van der Waals surface area contributed by atoms with E-state index in [4.69, 9.17) is 0 Å². The molecule has 1 rings (SSSR count). The Morgan fingerprint density at radius 1 is 1.59 bits per heavy atom. The summed E-state index contributed by atoms with van der Waals surface area (Å²) in [6, 6.07) is 5.08. The maximum atomic E-state index is 11.8. The molecule has 0 heterocycles. The van der Waals surface area contributed by atoms with Gasteiger partial charge in [-0.25, -0.2) is 0 Å². The smallest absolute Gasteiger partial charge is 0.251 e. The lowest BCUT2D eigenvalue weighted by atomic mass is 10.2. The minimum Gasteiger partial charge on any atom is -0.507 e. The molecule has 94 valence electrons. The minimum absolute atomic E-state index is 0.133. The number of halogens is 1. The summed E-state index contributed by atoms with van der Waals surface area (Å²) in [5.74, 6) is 1.96. The molecule has 1 aromatic rings. The standard InChI is InChI=1S/C12H16INO2S/c1-3-17-7-8(2)14-12(16)9-4-5-10(13)11(15)6-9/h4-6,8,15H,3,7H2,1-2H3,(H,14,16). The number of rotatable bonds is 5. The van der Waals surface area contributed by atoms with Crippen LogP contribution in [0.4, 0.5) is 0 Å². The van der Waals surface area contributed by atoms with Gasteiger partial charge in [0.05, 0.1) is 3.57 Å². The van der Waals surface area contributed by atoms with Gasteiger partial charge in [-0.3, -0.25) is 4.79 Å². The van der Waals surface area contributed by atoms with E-state index in [0.29, 0.717) is 5.56 Å². The van der Waals surface area contributed by atoms with Crippen molar-refractivity contribution in [1.82, 2.24) is 5.32 Å². The second-order valence-electron chi connectivity index (χ2n) is 3.70. The molecule has 1 amide bonds. The lowest BCUT2D eigenvalue weighted by molar-refractivity contribution is 0.0943. The van der Waals surface area contributed by atoms with Gasteiger partial charge in [0.25, 0.3) is 5.91 Å². The van der Waals surface area contributed by atoms with Crippen LogP contribution < -0.4 is 5.32 Å². The molecule has 2 N–H and O–H groups in total.